The van der Waals surface area contributed by atoms with Crippen LogP contribution >= 0.6 is 0 Å². The average molecular weight is 564 g/mol. The second-order valence-electron chi connectivity index (χ2n) is 10.5. The molecule has 216 valence electrons. The molecule has 0 aromatic heterocycles. The monoisotopic (exact) mass is 563 g/mol. The summed E-state index contributed by atoms with van der Waals surface area (Å²) in [5.41, 5.74) is 12.7. The fourth-order valence-electron chi connectivity index (χ4n) is 4.72. The number of carbonyl (C=O) groups is 1. The van der Waals surface area contributed by atoms with Crippen molar-refractivity contribution < 1.29 is 19.4 Å². The van der Waals surface area contributed by atoms with E-state index in [1.807, 2.05) is 67.6 Å². The topological polar surface area (TPSA) is 89.4 Å². The molecule has 0 aliphatic rings. The third-order valence-corrected chi connectivity index (χ3v) is 6.97. The molecule has 0 saturated heterocycles. The van der Waals surface area contributed by atoms with Crippen molar-refractivity contribution in [2.75, 3.05) is 6.54 Å². The van der Waals surface area contributed by atoms with Gasteiger partial charge in [0.05, 0.1) is 6.57 Å². The first kappa shape index (κ1) is 30.3. The van der Waals surface area contributed by atoms with Gasteiger partial charge in [0.2, 0.25) is 0 Å². The molecule has 0 spiro atoms. The van der Waals surface area contributed by atoms with Gasteiger partial charge in [0.25, 0.3) is 0 Å². The zero-order chi connectivity index (χ0) is 29.9. The van der Waals surface area contributed by atoms with E-state index in [4.69, 9.17) is 21.8 Å². The van der Waals surface area contributed by atoms with E-state index in [-0.39, 0.29) is 6.42 Å². The standard InChI is InChI=1S/C35H37N3O4/c1-25-8-6-10-27(18-25)23-41-33-13-5-4-12-29(33)21-38(17-16-32(36)35(39)40)22-30-14-15-31(37-3)20-34(30)42-24-28-11-7-9-26(2)19-28/h4-15,18-20,32H,16-17,21-24,36H2,1-2H3,(H,39,40)/t32-/m0/s1. The number of ether oxygens (including phenoxy) is 2. The maximum absolute atomic E-state index is 11.5. The lowest BCUT2D eigenvalue weighted by atomic mass is 10.1. The number of hydrogen-bond donors (Lipinski definition) is 2. The van der Waals surface area contributed by atoms with Crippen molar-refractivity contribution in [2.45, 2.75) is 52.6 Å². The molecule has 0 unspecified atom stereocenters. The molecule has 0 fully saturated rings. The maximum atomic E-state index is 11.5. The van der Waals surface area contributed by atoms with E-state index in [2.05, 4.69) is 34.9 Å². The van der Waals surface area contributed by atoms with Crippen LogP contribution in [0, 0.1) is 20.4 Å². The number of para-hydroxylation sites is 1. The van der Waals surface area contributed by atoms with Gasteiger partial charge >= 0.3 is 5.97 Å². The Balaban J connectivity index is 1.56. The third kappa shape index (κ3) is 8.93. The molecule has 7 nitrogen and oxygen atoms in total. The summed E-state index contributed by atoms with van der Waals surface area (Å²) in [5, 5.41) is 9.40. The maximum Gasteiger partial charge on any atom is 0.320 e. The van der Waals surface area contributed by atoms with Gasteiger partial charge in [0.1, 0.15) is 30.8 Å². The predicted octanol–water partition coefficient (Wildman–Crippen LogP) is 6.82. The third-order valence-electron chi connectivity index (χ3n) is 6.97. The molecule has 0 radical (unpaired) electrons. The molecule has 42 heavy (non-hydrogen) atoms. The molecule has 7 heteroatoms. The number of benzene rings is 4. The highest BCUT2D eigenvalue weighted by Crippen LogP contribution is 2.29. The number of aliphatic carboxylic acids is 1. The van der Waals surface area contributed by atoms with Crippen LogP contribution in [0.5, 0.6) is 11.5 Å². The van der Waals surface area contributed by atoms with Gasteiger partial charge in [-0.05, 0) is 43.5 Å². The second kappa shape index (κ2) is 14.8. The number of nitrogens with two attached hydrogens (primary N) is 1. The van der Waals surface area contributed by atoms with Crippen molar-refractivity contribution in [3.05, 3.63) is 136 Å². The van der Waals surface area contributed by atoms with E-state index in [1.165, 1.54) is 5.56 Å². The summed E-state index contributed by atoms with van der Waals surface area (Å²) in [7, 11) is 0. The van der Waals surface area contributed by atoms with Crippen molar-refractivity contribution in [3.63, 3.8) is 0 Å². The Morgan fingerprint density at radius 3 is 2.02 bits per heavy atom. The Bertz CT molecular complexity index is 1550. The normalized spacial score (nSPS) is 11.6. The van der Waals surface area contributed by atoms with E-state index in [0.717, 1.165) is 33.6 Å². The van der Waals surface area contributed by atoms with Crippen LogP contribution in [-0.2, 0) is 31.1 Å². The van der Waals surface area contributed by atoms with Gasteiger partial charge < -0.3 is 20.3 Å². The number of carboxylic acids is 1. The zero-order valence-corrected chi connectivity index (χ0v) is 24.1. The van der Waals surface area contributed by atoms with Crippen molar-refractivity contribution in [1.82, 2.24) is 4.90 Å². The highest BCUT2D eigenvalue weighted by atomic mass is 16.5. The summed E-state index contributed by atoms with van der Waals surface area (Å²) < 4.78 is 12.5. The molecule has 0 amide bonds. The first-order valence-corrected chi connectivity index (χ1v) is 14.0. The Morgan fingerprint density at radius 1 is 0.833 bits per heavy atom. The van der Waals surface area contributed by atoms with Crippen LogP contribution in [0.15, 0.2) is 91.0 Å². The molecule has 1 atom stereocenters. The molecule has 0 aliphatic carbocycles. The van der Waals surface area contributed by atoms with E-state index in [9.17, 15) is 9.90 Å². The summed E-state index contributed by atoms with van der Waals surface area (Å²) in [6.07, 6.45) is 0.279. The molecule has 3 N–H and O–H groups in total. The van der Waals surface area contributed by atoms with Crippen molar-refractivity contribution in [2.24, 2.45) is 5.73 Å². The fourth-order valence-corrected chi connectivity index (χ4v) is 4.72. The van der Waals surface area contributed by atoms with Crippen LogP contribution in [-0.4, -0.2) is 28.6 Å². The highest BCUT2D eigenvalue weighted by molar-refractivity contribution is 5.73. The average Bonchev–Trinajstić information content (AvgIpc) is 2.98. The summed E-state index contributed by atoms with van der Waals surface area (Å²) in [5.74, 6) is 0.368. The summed E-state index contributed by atoms with van der Waals surface area (Å²) in [6, 6.07) is 28.7. The van der Waals surface area contributed by atoms with Gasteiger partial charge in [-0.15, -0.1) is 0 Å². The van der Waals surface area contributed by atoms with Crippen LogP contribution in [0.4, 0.5) is 5.69 Å². The first-order valence-electron chi connectivity index (χ1n) is 14.0. The lowest BCUT2D eigenvalue weighted by Gasteiger charge is -2.26. The van der Waals surface area contributed by atoms with E-state index >= 15 is 0 Å². The van der Waals surface area contributed by atoms with E-state index in [0.29, 0.717) is 44.3 Å². The van der Waals surface area contributed by atoms with Crippen molar-refractivity contribution >= 4 is 11.7 Å². The van der Waals surface area contributed by atoms with E-state index < -0.39 is 12.0 Å². The Kier molecular flexibility index (Phi) is 10.7. The number of hydrogen-bond acceptors (Lipinski definition) is 5. The van der Waals surface area contributed by atoms with Gasteiger partial charge in [0, 0.05) is 30.8 Å². The predicted molar refractivity (Wildman–Crippen MR) is 165 cm³/mol. The highest BCUT2D eigenvalue weighted by Gasteiger charge is 2.18. The molecular weight excluding hydrogens is 526 g/mol. The molecule has 0 aliphatic heterocycles. The number of aryl methyl sites for hydroxylation is 2. The van der Waals surface area contributed by atoms with Crippen molar-refractivity contribution in [3.8, 4) is 11.5 Å². The minimum absolute atomic E-state index is 0.279. The summed E-state index contributed by atoms with van der Waals surface area (Å²) in [6.45, 7) is 13.8. The summed E-state index contributed by atoms with van der Waals surface area (Å²) >= 11 is 0. The number of rotatable bonds is 14. The molecule has 0 bridgehead atoms. The van der Waals surface area contributed by atoms with Crippen LogP contribution in [0.25, 0.3) is 4.85 Å². The van der Waals surface area contributed by atoms with Gasteiger partial charge in [-0.2, -0.15) is 0 Å². The lowest BCUT2D eigenvalue weighted by Crippen LogP contribution is -2.35. The minimum atomic E-state index is -1.03. The largest absolute Gasteiger partial charge is 0.490 e. The zero-order valence-electron chi connectivity index (χ0n) is 24.1. The molecule has 4 aromatic carbocycles. The molecule has 4 aromatic rings. The van der Waals surface area contributed by atoms with Gasteiger partial charge in [-0.25, -0.2) is 4.85 Å². The smallest absolute Gasteiger partial charge is 0.320 e. The minimum Gasteiger partial charge on any atom is -0.490 e. The Hall–Kier alpha value is -4.64. The Morgan fingerprint density at radius 2 is 1.43 bits per heavy atom. The van der Waals surface area contributed by atoms with Crippen LogP contribution in [0.1, 0.15) is 39.8 Å². The lowest BCUT2D eigenvalue weighted by molar-refractivity contribution is -0.138. The van der Waals surface area contributed by atoms with Crippen LogP contribution in [0.3, 0.4) is 0 Å². The quantitative estimate of drug-likeness (QED) is 0.164. The fraction of sp³-hybridized carbons (Fsp3) is 0.257. The van der Waals surface area contributed by atoms with Gasteiger partial charge in [-0.1, -0.05) is 90.0 Å². The number of nitrogens with zero attached hydrogens (tertiary/aromatic N) is 2. The van der Waals surface area contributed by atoms with Crippen molar-refractivity contribution in [1.29, 1.82) is 0 Å². The Labute approximate surface area is 248 Å². The first-order chi connectivity index (χ1) is 20.3. The molecule has 0 heterocycles. The summed E-state index contributed by atoms with van der Waals surface area (Å²) in [4.78, 5) is 17.2. The SMILES string of the molecule is [C-]#[N+]c1ccc(CN(CC[C@H](N)C(=O)O)Cc2ccccc2OCc2cccc(C)c2)c(OCc2cccc(C)c2)c1. The molecule has 4 rings (SSSR count). The molecule has 0 saturated carbocycles. The number of carboxylic acid groups (broad SMARTS) is 1. The van der Waals surface area contributed by atoms with Crippen LogP contribution in [0.2, 0.25) is 0 Å². The van der Waals surface area contributed by atoms with Gasteiger partial charge in [-0.3, -0.25) is 9.69 Å². The van der Waals surface area contributed by atoms with Gasteiger partial charge in [0.15, 0.2) is 5.69 Å². The second-order valence-corrected chi connectivity index (χ2v) is 10.5. The van der Waals surface area contributed by atoms with Crippen LogP contribution < -0.4 is 15.2 Å². The molecular formula is C35H37N3O4. The van der Waals surface area contributed by atoms with E-state index in [1.54, 1.807) is 12.1 Å².